The summed E-state index contributed by atoms with van der Waals surface area (Å²) in [6.45, 7) is 1.61. The Hall–Kier alpha value is -1.00. The molecule has 17 heavy (non-hydrogen) atoms. The van der Waals surface area contributed by atoms with Crippen molar-refractivity contribution < 1.29 is 8.78 Å². The Morgan fingerprint density at radius 2 is 2.00 bits per heavy atom. The van der Waals surface area contributed by atoms with E-state index in [9.17, 15) is 8.78 Å². The predicted molar refractivity (Wildman–Crippen MR) is 63.4 cm³/mol. The lowest BCUT2D eigenvalue weighted by Gasteiger charge is -2.35. The molecule has 0 amide bonds. The molecule has 1 fully saturated rings. The van der Waals surface area contributed by atoms with Crippen LogP contribution in [0, 0.1) is 17.6 Å². The number of hydrogen-bond donors (Lipinski definition) is 1. The lowest BCUT2D eigenvalue weighted by Crippen LogP contribution is -2.41. The highest BCUT2D eigenvalue weighted by atomic mass is 19.2. The molecule has 2 rings (SSSR count). The van der Waals surface area contributed by atoms with Crippen molar-refractivity contribution in [3.63, 3.8) is 0 Å². The zero-order valence-electron chi connectivity index (χ0n) is 10.00. The highest BCUT2D eigenvalue weighted by Gasteiger charge is 2.26. The van der Waals surface area contributed by atoms with Crippen LogP contribution in [0.5, 0.6) is 0 Å². The first kappa shape index (κ1) is 12.5. The second-order valence-corrected chi connectivity index (χ2v) is 5.04. The van der Waals surface area contributed by atoms with Gasteiger partial charge in [0.25, 0.3) is 0 Å². The lowest BCUT2D eigenvalue weighted by molar-refractivity contribution is 0.178. The van der Waals surface area contributed by atoms with E-state index in [0.717, 1.165) is 24.9 Å². The van der Waals surface area contributed by atoms with Gasteiger partial charge in [-0.15, -0.1) is 0 Å². The molecule has 0 saturated heterocycles. The Morgan fingerprint density at radius 3 is 2.59 bits per heavy atom. The van der Waals surface area contributed by atoms with Crippen LogP contribution in [-0.4, -0.2) is 24.5 Å². The number of nitrogens with zero attached hydrogens (tertiary/aromatic N) is 1. The average Bonchev–Trinajstić information content (AvgIpc) is 2.21. The lowest BCUT2D eigenvalue weighted by atomic mass is 9.80. The molecule has 1 aromatic rings. The fraction of sp³-hybridized carbons (Fsp3) is 0.538. The van der Waals surface area contributed by atoms with Gasteiger partial charge in [-0.25, -0.2) is 8.78 Å². The van der Waals surface area contributed by atoms with Crippen molar-refractivity contribution in [2.75, 3.05) is 13.6 Å². The van der Waals surface area contributed by atoms with Gasteiger partial charge >= 0.3 is 0 Å². The predicted octanol–water partition coefficient (Wildman–Crippen LogP) is 2.13. The Morgan fingerprint density at radius 1 is 1.29 bits per heavy atom. The molecule has 94 valence electrons. The van der Waals surface area contributed by atoms with Gasteiger partial charge in [-0.3, -0.25) is 0 Å². The third kappa shape index (κ3) is 3.23. The molecule has 1 aliphatic carbocycles. The summed E-state index contributed by atoms with van der Waals surface area (Å²) in [6.07, 6.45) is 2.14. The fourth-order valence-electron chi connectivity index (χ4n) is 2.39. The maximum atomic E-state index is 13.0. The van der Waals surface area contributed by atoms with Gasteiger partial charge in [0.2, 0.25) is 0 Å². The highest BCUT2D eigenvalue weighted by molar-refractivity contribution is 5.17. The van der Waals surface area contributed by atoms with Crippen molar-refractivity contribution in [2.45, 2.75) is 25.4 Å². The molecule has 0 aromatic heterocycles. The number of halogens is 2. The third-order valence-corrected chi connectivity index (χ3v) is 3.28. The van der Waals surface area contributed by atoms with Gasteiger partial charge < -0.3 is 10.6 Å². The summed E-state index contributed by atoms with van der Waals surface area (Å²) >= 11 is 0. The molecule has 1 aliphatic rings. The van der Waals surface area contributed by atoms with E-state index in [0.29, 0.717) is 18.5 Å². The minimum Gasteiger partial charge on any atom is -0.328 e. The van der Waals surface area contributed by atoms with Gasteiger partial charge in [-0.1, -0.05) is 6.07 Å². The van der Waals surface area contributed by atoms with E-state index in [1.165, 1.54) is 12.1 Å². The van der Waals surface area contributed by atoms with Crippen molar-refractivity contribution in [3.8, 4) is 0 Å². The molecule has 4 heteroatoms. The number of rotatable bonds is 4. The highest BCUT2D eigenvalue weighted by Crippen LogP contribution is 2.26. The van der Waals surface area contributed by atoms with Gasteiger partial charge in [0.15, 0.2) is 11.6 Å². The summed E-state index contributed by atoms with van der Waals surface area (Å²) < 4.78 is 25.8. The molecule has 0 bridgehead atoms. The van der Waals surface area contributed by atoms with Crippen molar-refractivity contribution >= 4 is 0 Å². The van der Waals surface area contributed by atoms with Crippen LogP contribution in [0.25, 0.3) is 0 Å². The zero-order valence-corrected chi connectivity index (χ0v) is 10.00. The van der Waals surface area contributed by atoms with Crippen LogP contribution >= 0.6 is 0 Å². The maximum absolute atomic E-state index is 13.0. The summed E-state index contributed by atoms with van der Waals surface area (Å²) in [4.78, 5) is 2.13. The van der Waals surface area contributed by atoms with E-state index in [2.05, 4.69) is 4.90 Å². The average molecular weight is 240 g/mol. The van der Waals surface area contributed by atoms with Crippen molar-refractivity contribution in [1.29, 1.82) is 0 Å². The minimum absolute atomic E-state index is 0.358. The third-order valence-electron chi connectivity index (χ3n) is 3.28. The SMILES string of the molecule is CN(Cc1ccc(F)c(F)c1)CC1CC(N)C1. The van der Waals surface area contributed by atoms with E-state index < -0.39 is 11.6 Å². The van der Waals surface area contributed by atoms with E-state index in [-0.39, 0.29) is 0 Å². The maximum Gasteiger partial charge on any atom is 0.159 e. The monoisotopic (exact) mass is 240 g/mol. The van der Waals surface area contributed by atoms with Gasteiger partial charge in [0, 0.05) is 19.1 Å². The van der Waals surface area contributed by atoms with Crippen LogP contribution in [0.15, 0.2) is 18.2 Å². The Bertz CT molecular complexity index is 389. The van der Waals surface area contributed by atoms with Crippen LogP contribution in [0.4, 0.5) is 8.78 Å². The molecule has 2 N–H and O–H groups in total. The quantitative estimate of drug-likeness (QED) is 0.873. The second-order valence-electron chi connectivity index (χ2n) is 5.04. The Labute approximate surface area is 100 Å². The molecule has 2 nitrogen and oxygen atoms in total. The second kappa shape index (κ2) is 5.10. The fourth-order valence-corrected chi connectivity index (χ4v) is 2.39. The Kier molecular flexibility index (Phi) is 3.74. The first-order valence-electron chi connectivity index (χ1n) is 5.92. The van der Waals surface area contributed by atoms with Crippen molar-refractivity contribution in [1.82, 2.24) is 4.90 Å². The summed E-state index contributed by atoms with van der Waals surface area (Å²) in [6, 6.07) is 4.43. The van der Waals surface area contributed by atoms with Crippen LogP contribution in [-0.2, 0) is 6.54 Å². The molecule has 1 saturated carbocycles. The van der Waals surface area contributed by atoms with E-state index >= 15 is 0 Å². The first-order chi connectivity index (χ1) is 8.04. The molecule has 0 aliphatic heterocycles. The van der Waals surface area contributed by atoms with Crippen LogP contribution in [0.2, 0.25) is 0 Å². The van der Waals surface area contributed by atoms with E-state index in [1.54, 1.807) is 6.07 Å². The van der Waals surface area contributed by atoms with Crippen molar-refractivity contribution in [3.05, 3.63) is 35.4 Å². The summed E-state index contributed by atoms with van der Waals surface area (Å²) in [7, 11) is 1.99. The topological polar surface area (TPSA) is 29.3 Å². The summed E-state index contributed by atoms with van der Waals surface area (Å²) in [5.41, 5.74) is 6.52. The molecule has 0 spiro atoms. The molecule has 1 aromatic carbocycles. The molecule has 0 atom stereocenters. The van der Waals surface area contributed by atoms with Crippen LogP contribution in [0.3, 0.4) is 0 Å². The molecular weight excluding hydrogens is 222 g/mol. The normalized spacial score (nSPS) is 23.8. The standard InChI is InChI=1S/C13H18F2N2/c1-17(8-10-4-11(16)5-10)7-9-2-3-12(14)13(15)6-9/h2-3,6,10-11H,4-5,7-8,16H2,1H3. The van der Waals surface area contributed by atoms with Gasteiger partial charge in [-0.05, 0) is 43.5 Å². The number of nitrogens with two attached hydrogens (primary N) is 1. The zero-order chi connectivity index (χ0) is 12.4. The minimum atomic E-state index is -0.790. The largest absolute Gasteiger partial charge is 0.328 e. The summed E-state index contributed by atoms with van der Waals surface area (Å²) in [5.74, 6) is -0.914. The molecular formula is C13H18F2N2. The van der Waals surface area contributed by atoms with E-state index in [1.807, 2.05) is 7.05 Å². The van der Waals surface area contributed by atoms with Crippen LogP contribution in [0.1, 0.15) is 18.4 Å². The van der Waals surface area contributed by atoms with E-state index in [4.69, 9.17) is 5.73 Å². The molecule has 0 unspecified atom stereocenters. The molecule has 0 heterocycles. The van der Waals surface area contributed by atoms with Gasteiger partial charge in [0.1, 0.15) is 0 Å². The smallest absolute Gasteiger partial charge is 0.159 e. The number of benzene rings is 1. The van der Waals surface area contributed by atoms with Crippen LogP contribution < -0.4 is 5.73 Å². The first-order valence-corrected chi connectivity index (χ1v) is 5.92. The summed E-state index contributed by atoms with van der Waals surface area (Å²) in [5, 5.41) is 0. The molecule has 0 radical (unpaired) electrons. The van der Waals surface area contributed by atoms with Gasteiger partial charge in [0.05, 0.1) is 0 Å². The van der Waals surface area contributed by atoms with Crippen molar-refractivity contribution in [2.24, 2.45) is 11.7 Å². The Balaban J connectivity index is 1.85. The number of hydrogen-bond acceptors (Lipinski definition) is 2. The van der Waals surface area contributed by atoms with Gasteiger partial charge in [-0.2, -0.15) is 0 Å².